The molecule has 0 aliphatic heterocycles. The molecule has 0 amide bonds. The summed E-state index contributed by atoms with van der Waals surface area (Å²) in [6.45, 7) is 5.75. The second-order valence-corrected chi connectivity index (χ2v) is 6.26. The molecule has 0 spiro atoms. The summed E-state index contributed by atoms with van der Waals surface area (Å²) in [5.74, 6) is 0. The highest BCUT2D eigenvalue weighted by Crippen LogP contribution is 2.18. The lowest BCUT2D eigenvalue weighted by Gasteiger charge is -2.24. The molecule has 152 valence electrons. The fraction of sp³-hybridized carbons (Fsp3) is 0.636. The van der Waals surface area contributed by atoms with Crippen molar-refractivity contribution in [3.8, 4) is 0 Å². The van der Waals surface area contributed by atoms with E-state index >= 15 is 0 Å². The van der Waals surface area contributed by atoms with E-state index in [4.69, 9.17) is 20.1 Å². The Bertz CT molecular complexity index is 336. The average Bonchev–Trinajstić information content (AvgIpc) is 2.68. The second kappa shape index (κ2) is 21.7. The lowest BCUT2D eigenvalue weighted by molar-refractivity contribution is 0.00304. The molecule has 0 aromatic carbocycles. The zero-order valence-electron chi connectivity index (χ0n) is 16.9. The molecular weight excluding hydrogens is 328 g/mol. The molecule has 0 unspecified atom stereocenters. The van der Waals surface area contributed by atoms with Crippen LogP contribution in [0, 0.1) is 5.41 Å². The van der Waals surface area contributed by atoms with Gasteiger partial charge in [-0.3, -0.25) is 0 Å². The van der Waals surface area contributed by atoms with Crippen LogP contribution in [0.2, 0.25) is 0 Å². The third-order valence-electron chi connectivity index (χ3n) is 4.01. The van der Waals surface area contributed by atoms with Crippen molar-refractivity contribution < 1.29 is 20.1 Å². The lowest BCUT2D eigenvalue weighted by atomic mass is 9.88. The third kappa shape index (κ3) is 17.5. The number of rotatable bonds is 14. The van der Waals surface area contributed by atoms with E-state index in [-0.39, 0.29) is 19.8 Å². The van der Waals surface area contributed by atoms with E-state index in [9.17, 15) is 0 Å². The predicted molar refractivity (Wildman–Crippen MR) is 111 cm³/mol. The van der Waals surface area contributed by atoms with Crippen LogP contribution in [0.25, 0.3) is 0 Å². The molecule has 0 saturated heterocycles. The minimum atomic E-state index is -0.667. The van der Waals surface area contributed by atoms with Gasteiger partial charge in [-0.15, -0.1) is 0 Å². The maximum absolute atomic E-state index is 8.66. The molecule has 0 aliphatic carbocycles. The predicted octanol–water partition coefficient (Wildman–Crippen LogP) is 4.88. The van der Waals surface area contributed by atoms with E-state index in [0.29, 0.717) is 6.42 Å². The maximum Gasteiger partial charge on any atom is 0.0901 e. The normalized spacial score (nSPS) is 12.4. The third-order valence-corrected chi connectivity index (χ3v) is 4.01. The summed E-state index contributed by atoms with van der Waals surface area (Å²) in [5, 5.41) is 26.0. The van der Waals surface area contributed by atoms with Crippen LogP contribution in [0.5, 0.6) is 0 Å². The molecule has 3 N–H and O–H groups in total. The lowest BCUT2D eigenvalue weighted by Crippen LogP contribution is -2.32. The summed E-state index contributed by atoms with van der Waals surface area (Å²) in [7, 11) is 0. The number of hydrogen-bond acceptors (Lipinski definition) is 4. The van der Waals surface area contributed by atoms with Gasteiger partial charge in [0, 0.05) is 5.41 Å². The topological polar surface area (TPSA) is 69.9 Å². The van der Waals surface area contributed by atoms with Crippen molar-refractivity contribution in [2.24, 2.45) is 5.41 Å². The number of ether oxygens (including phenoxy) is 1. The van der Waals surface area contributed by atoms with Crippen molar-refractivity contribution in [1.82, 2.24) is 0 Å². The monoisotopic (exact) mass is 368 g/mol. The highest BCUT2D eigenvalue weighted by atomic mass is 16.5. The van der Waals surface area contributed by atoms with E-state index in [1.165, 1.54) is 25.7 Å². The average molecular weight is 369 g/mol. The van der Waals surface area contributed by atoms with Crippen LogP contribution >= 0.6 is 0 Å². The minimum absolute atomic E-state index is 0.156. The van der Waals surface area contributed by atoms with Gasteiger partial charge in [-0.05, 0) is 31.4 Å². The summed E-state index contributed by atoms with van der Waals surface area (Å²) in [6.07, 6.45) is 23.5. The molecule has 0 fully saturated rings. The molecule has 0 aromatic rings. The molecule has 0 atom stereocenters. The highest BCUT2D eigenvalue weighted by Gasteiger charge is 2.24. The first-order valence-corrected chi connectivity index (χ1v) is 9.77. The van der Waals surface area contributed by atoms with Crippen LogP contribution in [0.4, 0.5) is 0 Å². The highest BCUT2D eigenvalue weighted by molar-refractivity contribution is 5.02. The minimum Gasteiger partial charge on any atom is -0.473 e. The largest absolute Gasteiger partial charge is 0.473 e. The van der Waals surface area contributed by atoms with Gasteiger partial charge in [0.1, 0.15) is 0 Å². The Morgan fingerprint density at radius 1 is 0.692 bits per heavy atom. The Balaban J connectivity index is 0. The van der Waals surface area contributed by atoms with Gasteiger partial charge in [-0.25, -0.2) is 0 Å². The van der Waals surface area contributed by atoms with Gasteiger partial charge in [0.25, 0.3) is 0 Å². The van der Waals surface area contributed by atoms with Crippen molar-refractivity contribution in [2.45, 2.75) is 65.7 Å². The van der Waals surface area contributed by atoms with Crippen LogP contribution < -0.4 is 0 Å². The number of hydrogen-bond donors (Lipinski definition) is 3. The molecular formula is C22H40O4. The molecule has 0 radical (unpaired) electrons. The summed E-state index contributed by atoms with van der Waals surface area (Å²) >= 11 is 0. The number of unbranched alkanes of at least 4 members (excludes halogenated alkanes) is 4. The molecule has 0 aromatic heterocycles. The number of aliphatic hydroxyl groups is 3. The van der Waals surface area contributed by atoms with Crippen LogP contribution in [0.1, 0.15) is 65.7 Å². The molecule has 26 heavy (non-hydrogen) atoms. The van der Waals surface area contributed by atoms with Crippen molar-refractivity contribution >= 4 is 0 Å². The summed E-state index contributed by atoms with van der Waals surface area (Å²) in [5.41, 5.74) is -0.667. The van der Waals surface area contributed by atoms with Gasteiger partial charge in [-0.2, -0.15) is 0 Å². The fourth-order valence-corrected chi connectivity index (χ4v) is 1.71. The van der Waals surface area contributed by atoms with E-state index in [2.05, 4.69) is 26.0 Å². The van der Waals surface area contributed by atoms with E-state index in [1.54, 1.807) is 12.5 Å². The Hall–Kier alpha value is -1.36. The number of aliphatic hydroxyl groups excluding tert-OH is 3. The quantitative estimate of drug-likeness (QED) is 0.232. The number of allylic oxidation sites excluding steroid dienone is 6. The van der Waals surface area contributed by atoms with Gasteiger partial charge in [0.15, 0.2) is 0 Å². The van der Waals surface area contributed by atoms with Gasteiger partial charge >= 0.3 is 0 Å². The Morgan fingerprint density at radius 2 is 1.12 bits per heavy atom. The molecule has 0 bridgehead atoms. The Kier molecular flexibility index (Phi) is 22.4. The first-order chi connectivity index (χ1) is 12.7. The van der Waals surface area contributed by atoms with Crippen molar-refractivity contribution in [2.75, 3.05) is 19.8 Å². The molecule has 0 aliphatic rings. The van der Waals surface area contributed by atoms with Crippen LogP contribution in [-0.2, 0) is 4.74 Å². The van der Waals surface area contributed by atoms with E-state index < -0.39 is 5.41 Å². The van der Waals surface area contributed by atoms with Gasteiger partial charge in [0.05, 0.1) is 32.3 Å². The summed E-state index contributed by atoms with van der Waals surface area (Å²) < 4.78 is 5.18. The van der Waals surface area contributed by atoms with Gasteiger partial charge in [0.2, 0.25) is 0 Å². The molecule has 4 nitrogen and oxygen atoms in total. The summed E-state index contributed by atoms with van der Waals surface area (Å²) in [6, 6.07) is 0. The van der Waals surface area contributed by atoms with Crippen molar-refractivity contribution in [3.05, 3.63) is 49.0 Å². The second-order valence-electron chi connectivity index (χ2n) is 6.26. The van der Waals surface area contributed by atoms with Crippen molar-refractivity contribution in [1.29, 1.82) is 0 Å². The SMILES string of the molecule is CCC(CO)(CO)CO.CCCCC=CC=COC=CC=CCCCC. The van der Waals surface area contributed by atoms with Gasteiger partial charge in [-0.1, -0.05) is 70.8 Å². The first kappa shape index (κ1) is 26.9. The Labute approximate surface area is 160 Å². The van der Waals surface area contributed by atoms with Crippen molar-refractivity contribution in [3.63, 3.8) is 0 Å². The van der Waals surface area contributed by atoms with Crippen LogP contribution in [0.15, 0.2) is 49.0 Å². The van der Waals surface area contributed by atoms with Crippen LogP contribution in [-0.4, -0.2) is 35.1 Å². The molecule has 4 heteroatoms. The molecule has 0 rings (SSSR count). The summed E-state index contributed by atoms with van der Waals surface area (Å²) in [4.78, 5) is 0. The zero-order valence-corrected chi connectivity index (χ0v) is 16.9. The smallest absolute Gasteiger partial charge is 0.0901 e. The maximum atomic E-state index is 8.66. The fourth-order valence-electron chi connectivity index (χ4n) is 1.71. The molecule has 0 heterocycles. The standard InChI is InChI=1S/C16H26O.C6H14O3/c1-3-5-7-9-11-13-15-17-16-14-12-10-8-6-4-2;1-2-6(3-7,4-8)5-9/h9-16H,3-8H2,1-2H3;7-9H,2-5H2,1H3. The van der Waals surface area contributed by atoms with E-state index in [1.807, 2.05) is 31.2 Å². The van der Waals surface area contributed by atoms with E-state index in [0.717, 1.165) is 12.8 Å². The molecule has 0 saturated carbocycles. The van der Waals surface area contributed by atoms with Gasteiger partial charge < -0.3 is 20.1 Å². The van der Waals surface area contributed by atoms with Crippen LogP contribution in [0.3, 0.4) is 0 Å². The zero-order chi connectivity index (χ0) is 19.9. The first-order valence-electron chi connectivity index (χ1n) is 9.77. The Morgan fingerprint density at radius 3 is 1.38 bits per heavy atom.